The van der Waals surface area contributed by atoms with E-state index in [9.17, 15) is 9.59 Å². The molecule has 0 bridgehead atoms. The van der Waals surface area contributed by atoms with Crippen molar-refractivity contribution in [3.8, 4) is 0 Å². The van der Waals surface area contributed by atoms with Gasteiger partial charge < -0.3 is 10.2 Å². The van der Waals surface area contributed by atoms with Crippen LogP contribution in [0.4, 0.5) is 0 Å². The topological polar surface area (TPSA) is 74.6 Å². The number of allylic oxidation sites excluding steroid dienone is 4. The van der Waals surface area contributed by atoms with E-state index in [-0.39, 0.29) is 0 Å². The van der Waals surface area contributed by atoms with Crippen LogP contribution in [0.5, 0.6) is 0 Å². The summed E-state index contributed by atoms with van der Waals surface area (Å²) in [6, 6.07) is 0. The van der Waals surface area contributed by atoms with E-state index in [1.54, 1.807) is 0 Å². The molecule has 2 N–H and O–H groups in total. The predicted octanol–water partition coefficient (Wildman–Crippen LogP) is 10.7. The molecule has 212 valence electrons. The zero-order valence-corrected chi connectivity index (χ0v) is 24.0. The van der Waals surface area contributed by atoms with Crippen LogP contribution in [0.25, 0.3) is 0 Å². The number of rotatable bonds is 26. The van der Waals surface area contributed by atoms with Crippen molar-refractivity contribution in [3.63, 3.8) is 0 Å². The minimum atomic E-state index is -0.671. The molecule has 0 aromatic rings. The van der Waals surface area contributed by atoms with Crippen LogP contribution < -0.4 is 0 Å². The van der Waals surface area contributed by atoms with E-state index in [0.29, 0.717) is 12.8 Å². The maximum atomic E-state index is 10.3. The molecule has 0 aromatic heterocycles. The molecule has 0 aromatic carbocycles. The molecule has 0 aliphatic carbocycles. The molecule has 0 rings (SSSR count). The molecule has 4 heteroatoms. The summed E-state index contributed by atoms with van der Waals surface area (Å²) in [5, 5.41) is 17.0. The van der Waals surface area contributed by atoms with E-state index in [0.717, 1.165) is 38.5 Å². The molecule has 0 atom stereocenters. The molecular formula is C32H60O4. The summed E-state index contributed by atoms with van der Waals surface area (Å²) in [5.41, 5.74) is 0. The third-order valence-corrected chi connectivity index (χ3v) is 6.34. The summed E-state index contributed by atoms with van der Waals surface area (Å²) < 4.78 is 0. The molecule has 0 aliphatic heterocycles. The second-order valence-electron chi connectivity index (χ2n) is 10.1. The fourth-order valence-electron chi connectivity index (χ4n) is 4.03. The molecule has 0 unspecified atom stereocenters. The van der Waals surface area contributed by atoms with Gasteiger partial charge in [0.05, 0.1) is 0 Å². The Labute approximate surface area is 224 Å². The molecule has 0 saturated heterocycles. The van der Waals surface area contributed by atoms with Crippen molar-refractivity contribution in [2.75, 3.05) is 0 Å². The van der Waals surface area contributed by atoms with Crippen molar-refractivity contribution in [1.29, 1.82) is 0 Å². The Kier molecular flexibility index (Phi) is 34.0. The van der Waals surface area contributed by atoms with Crippen molar-refractivity contribution in [1.82, 2.24) is 0 Å². The lowest BCUT2D eigenvalue weighted by molar-refractivity contribution is -0.138. The molecule has 0 heterocycles. The second kappa shape index (κ2) is 33.4. The van der Waals surface area contributed by atoms with Crippen LogP contribution in [0.15, 0.2) is 24.3 Å². The van der Waals surface area contributed by atoms with E-state index < -0.39 is 11.9 Å². The highest BCUT2D eigenvalue weighted by Crippen LogP contribution is 2.12. The maximum Gasteiger partial charge on any atom is 0.303 e. The third kappa shape index (κ3) is 39.6. The van der Waals surface area contributed by atoms with Crippen molar-refractivity contribution < 1.29 is 19.8 Å². The van der Waals surface area contributed by atoms with Crippen molar-refractivity contribution in [3.05, 3.63) is 24.3 Å². The molecular weight excluding hydrogens is 448 g/mol. The zero-order valence-electron chi connectivity index (χ0n) is 24.0. The minimum Gasteiger partial charge on any atom is -0.481 e. The van der Waals surface area contributed by atoms with E-state index in [1.807, 2.05) is 0 Å². The number of carbonyl (C=O) groups is 2. The van der Waals surface area contributed by atoms with Crippen molar-refractivity contribution in [2.24, 2.45) is 0 Å². The van der Waals surface area contributed by atoms with Gasteiger partial charge in [0, 0.05) is 12.8 Å². The lowest BCUT2D eigenvalue weighted by Gasteiger charge is -2.01. The van der Waals surface area contributed by atoms with E-state index in [2.05, 4.69) is 38.2 Å². The molecule has 0 saturated carbocycles. The lowest BCUT2D eigenvalue weighted by Crippen LogP contribution is -1.93. The maximum absolute atomic E-state index is 10.3. The molecule has 4 nitrogen and oxygen atoms in total. The molecule has 0 amide bonds. The van der Waals surface area contributed by atoms with Gasteiger partial charge in [0.1, 0.15) is 0 Å². The molecule has 0 fully saturated rings. The first-order valence-corrected chi connectivity index (χ1v) is 15.3. The monoisotopic (exact) mass is 508 g/mol. The summed E-state index contributed by atoms with van der Waals surface area (Å²) >= 11 is 0. The van der Waals surface area contributed by atoms with Crippen molar-refractivity contribution in [2.45, 2.75) is 168 Å². The van der Waals surface area contributed by atoms with E-state index in [1.165, 1.54) is 103 Å². The SMILES string of the molecule is CCCCC/C=C\C/C=C\CCCCCCCC(=O)O.CCCCCCCCCCCCCC(=O)O. The highest BCUT2D eigenvalue weighted by molar-refractivity contribution is 5.66. The predicted molar refractivity (Wildman–Crippen MR) is 156 cm³/mol. The van der Waals surface area contributed by atoms with Crippen LogP contribution in [-0.2, 0) is 9.59 Å². The average Bonchev–Trinajstić information content (AvgIpc) is 2.85. The van der Waals surface area contributed by atoms with Gasteiger partial charge in [-0.05, 0) is 44.9 Å². The summed E-state index contributed by atoms with van der Waals surface area (Å²) in [4.78, 5) is 20.6. The number of unbranched alkanes of at least 4 members (excludes halogenated alkanes) is 18. The Morgan fingerprint density at radius 1 is 0.444 bits per heavy atom. The number of hydrogen-bond donors (Lipinski definition) is 2. The number of hydrogen-bond acceptors (Lipinski definition) is 2. The normalized spacial score (nSPS) is 11.2. The first-order valence-electron chi connectivity index (χ1n) is 15.3. The van der Waals surface area contributed by atoms with Crippen LogP contribution in [0.3, 0.4) is 0 Å². The van der Waals surface area contributed by atoms with Gasteiger partial charge in [0.2, 0.25) is 0 Å². The summed E-state index contributed by atoms with van der Waals surface area (Å²) in [6.45, 7) is 4.48. The van der Waals surface area contributed by atoms with E-state index >= 15 is 0 Å². The highest BCUT2D eigenvalue weighted by Gasteiger charge is 1.97. The van der Waals surface area contributed by atoms with Gasteiger partial charge in [0.25, 0.3) is 0 Å². The van der Waals surface area contributed by atoms with Gasteiger partial charge in [-0.2, -0.15) is 0 Å². The Hall–Kier alpha value is -1.58. The van der Waals surface area contributed by atoms with Crippen LogP contribution >= 0.6 is 0 Å². The zero-order chi connectivity index (χ0) is 27.0. The smallest absolute Gasteiger partial charge is 0.303 e. The molecule has 0 spiro atoms. The Balaban J connectivity index is 0. The van der Waals surface area contributed by atoms with Gasteiger partial charge in [0.15, 0.2) is 0 Å². The van der Waals surface area contributed by atoms with Crippen molar-refractivity contribution >= 4 is 11.9 Å². The number of carboxylic acid groups (broad SMARTS) is 2. The largest absolute Gasteiger partial charge is 0.481 e. The Bertz CT molecular complexity index is 510. The van der Waals surface area contributed by atoms with Gasteiger partial charge in [-0.25, -0.2) is 0 Å². The van der Waals surface area contributed by atoms with Gasteiger partial charge >= 0.3 is 11.9 Å². The van der Waals surface area contributed by atoms with Gasteiger partial charge in [-0.3, -0.25) is 9.59 Å². The van der Waals surface area contributed by atoms with Crippen LogP contribution in [-0.4, -0.2) is 22.2 Å². The van der Waals surface area contributed by atoms with Gasteiger partial charge in [-0.1, -0.05) is 134 Å². The molecule has 0 radical (unpaired) electrons. The fourth-order valence-corrected chi connectivity index (χ4v) is 4.03. The summed E-state index contributed by atoms with van der Waals surface area (Å²) in [5.74, 6) is -1.33. The van der Waals surface area contributed by atoms with Crippen LogP contribution in [0, 0.1) is 0 Å². The summed E-state index contributed by atoms with van der Waals surface area (Å²) in [7, 11) is 0. The number of carboxylic acids is 2. The summed E-state index contributed by atoms with van der Waals surface area (Å²) in [6.07, 6.45) is 36.6. The Morgan fingerprint density at radius 3 is 1.14 bits per heavy atom. The lowest BCUT2D eigenvalue weighted by atomic mass is 10.1. The van der Waals surface area contributed by atoms with Crippen LogP contribution in [0.2, 0.25) is 0 Å². The van der Waals surface area contributed by atoms with Gasteiger partial charge in [-0.15, -0.1) is 0 Å². The average molecular weight is 509 g/mol. The molecule has 0 aliphatic rings. The minimum absolute atomic E-state index is 0.324. The first-order chi connectivity index (χ1) is 17.5. The van der Waals surface area contributed by atoms with E-state index in [4.69, 9.17) is 10.2 Å². The van der Waals surface area contributed by atoms with Crippen LogP contribution in [0.1, 0.15) is 168 Å². The fraction of sp³-hybridized carbons (Fsp3) is 0.812. The molecule has 36 heavy (non-hydrogen) atoms. The number of aliphatic carboxylic acids is 2. The Morgan fingerprint density at radius 2 is 0.750 bits per heavy atom. The standard InChI is InChI=1S/C18H32O2.C14H28O2/c1-2-3-4-5-6-7-8-9-10-11-12-13-14-15-16-17-18(19)20;1-2-3-4-5-6-7-8-9-10-11-12-13-14(15)16/h6-7,9-10H,2-5,8,11-17H2,1H3,(H,19,20);2-13H2,1H3,(H,15,16)/b7-6-,10-9-;. The first kappa shape index (κ1) is 36.6. The highest BCUT2D eigenvalue weighted by atomic mass is 16.4. The second-order valence-corrected chi connectivity index (χ2v) is 10.1. The third-order valence-electron chi connectivity index (χ3n) is 6.34. The quantitative estimate of drug-likeness (QED) is 0.0899.